The highest BCUT2D eigenvalue weighted by Gasteiger charge is 2.26. The summed E-state index contributed by atoms with van der Waals surface area (Å²) in [5.74, 6) is 0.332. The molecule has 0 atom stereocenters. The first kappa shape index (κ1) is 22.5. The standard InChI is InChI=1S/C22H25N5O3S2/c1-3-27-19(14-9-11-23-12-10-14)25-26-22(27)31-13-17(28)24-20-18(21(29)30-2)15-7-5-4-6-8-16(15)32-20/h9-12H,3-8,13H2,1-2H3,(H,24,28). The van der Waals surface area contributed by atoms with Crippen molar-refractivity contribution in [2.24, 2.45) is 0 Å². The van der Waals surface area contributed by atoms with Crippen LogP contribution in [0, 0.1) is 0 Å². The van der Waals surface area contributed by atoms with Crippen molar-refractivity contribution in [1.82, 2.24) is 19.7 Å². The van der Waals surface area contributed by atoms with Crippen LogP contribution in [0.3, 0.4) is 0 Å². The molecule has 1 aliphatic rings. The van der Waals surface area contributed by atoms with Crippen LogP contribution >= 0.6 is 23.1 Å². The largest absolute Gasteiger partial charge is 0.465 e. The summed E-state index contributed by atoms with van der Waals surface area (Å²) in [5.41, 5.74) is 2.48. The number of aryl methyl sites for hydroxylation is 1. The fraction of sp³-hybridized carbons (Fsp3) is 0.409. The molecule has 1 N–H and O–H groups in total. The molecule has 1 amide bonds. The van der Waals surface area contributed by atoms with Gasteiger partial charge in [0.2, 0.25) is 5.91 Å². The molecular weight excluding hydrogens is 446 g/mol. The van der Waals surface area contributed by atoms with Gasteiger partial charge in [0, 0.05) is 29.4 Å². The van der Waals surface area contributed by atoms with Gasteiger partial charge in [-0.2, -0.15) is 0 Å². The third kappa shape index (κ3) is 4.71. The lowest BCUT2D eigenvalue weighted by Gasteiger charge is -2.08. The average Bonchev–Trinajstić information content (AvgIpc) is 3.30. The van der Waals surface area contributed by atoms with E-state index in [9.17, 15) is 9.59 Å². The number of thiophene rings is 1. The Bertz CT molecular complexity index is 1110. The van der Waals surface area contributed by atoms with E-state index in [1.54, 1.807) is 12.4 Å². The number of carbonyl (C=O) groups excluding carboxylic acids is 2. The third-order valence-electron chi connectivity index (χ3n) is 5.37. The van der Waals surface area contributed by atoms with Gasteiger partial charge in [0.25, 0.3) is 0 Å². The number of aromatic nitrogens is 4. The average molecular weight is 472 g/mol. The SMILES string of the molecule is CCn1c(SCC(=O)Nc2sc3c(c2C(=O)OC)CCCCC3)nnc1-c1ccncc1. The quantitative estimate of drug-likeness (QED) is 0.313. The highest BCUT2D eigenvalue weighted by Crippen LogP contribution is 2.38. The van der Waals surface area contributed by atoms with Crippen LogP contribution in [0.5, 0.6) is 0 Å². The van der Waals surface area contributed by atoms with Crippen LogP contribution in [-0.4, -0.2) is 44.5 Å². The summed E-state index contributed by atoms with van der Waals surface area (Å²) < 4.78 is 6.99. The Labute approximate surface area is 194 Å². The zero-order valence-electron chi connectivity index (χ0n) is 18.1. The fourth-order valence-corrected chi connectivity index (χ4v) is 5.93. The van der Waals surface area contributed by atoms with Gasteiger partial charge in [0.15, 0.2) is 11.0 Å². The van der Waals surface area contributed by atoms with Crippen LogP contribution in [0.1, 0.15) is 47.0 Å². The third-order valence-corrected chi connectivity index (χ3v) is 7.54. The van der Waals surface area contributed by atoms with E-state index < -0.39 is 0 Å². The van der Waals surface area contributed by atoms with Crippen molar-refractivity contribution in [3.8, 4) is 11.4 Å². The number of nitrogens with zero attached hydrogens (tertiary/aromatic N) is 4. The Kier molecular flexibility index (Phi) is 7.21. The zero-order valence-corrected chi connectivity index (χ0v) is 19.7. The normalized spacial score (nSPS) is 13.3. The lowest BCUT2D eigenvalue weighted by Crippen LogP contribution is -2.16. The van der Waals surface area contributed by atoms with Crippen molar-refractivity contribution in [2.45, 2.75) is 50.7 Å². The van der Waals surface area contributed by atoms with E-state index in [1.165, 1.54) is 35.1 Å². The molecule has 0 bridgehead atoms. The molecule has 168 valence electrons. The van der Waals surface area contributed by atoms with Crippen molar-refractivity contribution < 1.29 is 14.3 Å². The number of carbonyl (C=O) groups is 2. The van der Waals surface area contributed by atoms with Gasteiger partial charge in [-0.1, -0.05) is 18.2 Å². The number of esters is 1. The molecule has 32 heavy (non-hydrogen) atoms. The number of rotatable bonds is 7. The molecule has 0 saturated heterocycles. The first-order valence-corrected chi connectivity index (χ1v) is 12.4. The number of ether oxygens (including phenoxy) is 1. The van der Waals surface area contributed by atoms with Gasteiger partial charge in [-0.05, 0) is 50.3 Å². The minimum absolute atomic E-state index is 0.164. The Balaban J connectivity index is 1.48. The maximum atomic E-state index is 12.8. The minimum Gasteiger partial charge on any atom is -0.465 e. The lowest BCUT2D eigenvalue weighted by molar-refractivity contribution is -0.113. The Morgan fingerprint density at radius 3 is 2.72 bits per heavy atom. The summed E-state index contributed by atoms with van der Waals surface area (Å²) in [4.78, 5) is 30.4. The smallest absolute Gasteiger partial charge is 0.341 e. The summed E-state index contributed by atoms with van der Waals surface area (Å²) in [7, 11) is 1.38. The molecule has 0 radical (unpaired) electrons. The van der Waals surface area contributed by atoms with Gasteiger partial charge < -0.3 is 14.6 Å². The van der Waals surface area contributed by atoms with Gasteiger partial charge in [-0.3, -0.25) is 9.78 Å². The van der Waals surface area contributed by atoms with Crippen LogP contribution in [0.4, 0.5) is 5.00 Å². The van der Waals surface area contributed by atoms with E-state index in [1.807, 2.05) is 23.6 Å². The number of hydrogen-bond acceptors (Lipinski definition) is 8. The molecule has 0 unspecified atom stereocenters. The van der Waals surface area contributed by atoms with Crippen molar-refractivity contribution in [2.75, 3.05) is 18.2 Å². The van der Waals surface area contributed by atoms with E-state index in [0.717, 1.165) is 49.1 Å². The molecule has 3 heterocycles. The number of pyridine rings is 1. The van der Waals surface area contributed by atoms with Crippen LogP contribution in [0.25, 0.3) is 11.4 Å². The fourth-order valence-electron chi connectivity index (χ4n) is 3.84. The first-order chi connectivity index (χ1) is 15.6. The van der Waals surface area contributed by atoms with E-state index in [-0.39, 0.29) is 17.6 Å². The number of thioether (sulfide) groups is 1. The second-order valence-corrected chi connectivity index (χ2v) is 9.43. The molecule has 3 aromatic heterocycles. The van der Waals surface area contributed by atoms with Gasteiger partial charge in [-0.25, -0.2) is 4.79 Å². The number of methoxy groups -OCH3 is 1. The summed E-state index contributed by atoms with van der Waals surface area (Å²) in [6.45, 7) is 2.69. The maximum Gasteiger partial charge on any atom is 0.341 e. The zero-order chi connectivity index (χ0) is 22.5. The van der Waals surface area contributed by atoms with Crippen molar-refractivity contribution in [3.63, 3.8) is 0 Å². The van der Waals surface area contributed by atoms with E-state index in [0.29, 0.717) is 22.3 Å². The van der Waals surface area contributed by atoms with Gasteiger partial charge >= 0.3 is 5.97 Å². The van der Waals surface area contributed by atoms with Gasteiger partial charge in [-0.15, -0.1) is 21.5 Å². The number of amides is 1. The molecule has 0 saturated carbocycles. The second kappa shape index (κ2) is 10.3. The predicted octanol–water partition coefficient (Wildman–Crippen LogP) is 4.21. The van der Waals surface area contributed by atoms with E-state index in [2.05, 4.69) is 20.5 Å². The number of hydrogen-bond donors (Lipinski definition) is 1. The molecule has 0 spiro atoms. The van der Waals surface area contributed by atoms with E-state index in [4.69, 9.17) is 4.74 Å². The topological polar surface area (TPSA) is 99.0 Å². The van der Waals surface area contributed by atoms with Crippen LogP contribution < -0.4 is 5.32 Å². The number of fused-ring (bicyclic) bond motifs is 1. The van der Waals surface area contributed by atoms with Crippen molar-refractivity contribution >= 4 is 40.0 Å². The first-order valence-electron chi connectivity index (χ1n) is 10.6. The molecule has 0 aromatic carbocycles. The molecule has 0 fully saturated rings. The molecule has 3 aromatic rings. The molecule has 10 heteroatoms. The van der Waals surface area contributed by atoms with Crippen LogP contribution in [0.15, 0.2) is 29.7 Å². The highest BCUT2D eigenvalue weighted by atomic mass is 32.2. The molecule has 4 rings (SSSR count). The van der Waals surface area contributed by atoms with Crippen molar-refractivity contribution in [1.29, 1.82) is 0 Å². The lowest BCUT2D eigenvalue weighted by atomic mass is 10.1. The summed E-state index contributed by atoms with van der Waals surface area (Å²) in [6, 6.07) is 3.76. The monoisotopic (exact) mass is 471 g/mol. The minimum atomic E-state index is -0.389. The summed E-state index contributed by atoms with van der Waals surface area (Å²) >= 11 is 2.82. The van der Waals surface area contributed by atoms with E-state index >= 15 is 0 Å². The Morgan fingerprint density at radius 2 is 1.97 bits per heavy atom. The molecular formula is C22H25N5O3S2. The second-order valence-electron chi connectivity index (χ2n) is 7.38. The summed E-state index contributed by atoms with van der Waals surface area (Å²) in [6.07, 6.45) is 8.51. The Morgan fingerprint density at radius 1 is 1.19 bits per heavy atom. The van der Waals surface area contributed by atoms with Crippen LogP contribution in [0.2, 0.25) is 0 Å². The number of nitrogens with one attached hydrogen (secondary N) is 1. The van der Waals surface area contributed by atoms with Gasteiger partial charge in [0.1, 0.15) is 5.00 Å². The predicted molar refractivity (Wildman–Crippen MR) is 125 cm³/mol. The molecule has 8 nitrogen and oxygen atoms in total. The summed E-state index contributed by atoms with van der Waals surface area (Å²) in [5, 5.41) is 12.8. The maximum absolute atomic E-state index is 12.8. The van der Waals surface area contributed by atoms with Crippen molar-refractivity contribution in [3.05, 3.63) is 40.5 Å². The molecule has 0 aliphatic heterocycles. The number of anilines is 1. The molecule has 1 aliphatic carbocycles. The van der Waals surface area contributed by atoms with Gasteiger partial charge in [0.05, 0.1) is 18.4 Å². The Hall–Kier alpha value is -2.72. The van der Waals surface area contributed by atoms with Crippen LogP contribution in [-0.2, 0) is 28.9 Å². The highest BCUT2D eigenvalue weighted by molar-refractivity contribution is 7.99.